The zero-order valence-corrected chi connectivity index (χ0v) is 16.4. The van der Waals surface area contributed by atoms with Gasteiger partial charge in [0.15, 0.2) is 5.69 Å². The molecule has 7 heteroatoms. The van der Waals surface area contributed by atoms with E-state index in [4.69, 9.17) is 9.47 Å². The van der Waals surface area contributed by atoms with Crippen molar-refractivity contribution in [3.05, 3.63) is 77.1 Å². The van der Waals surface area contributed by atoms with Crippen LogP contribution in [-0.4, -0.2) is 34.6 Å². The van der Waals surface area contributed by atoms with E-state index in [-0.39, 0.29) is 12.0 Å². The molecule has 1 aromatic heterocycles. The molecule has 2 aromatic carbocycles. The lowest BCUT2D eigenvalue weighted by molar-refractivity contribution is -0.00179. The van der Waals surface area contributed by atoms with Gasteiger partial charge in [-0.25, -0.2) is 4.68 Å². The number of ether oxygens (including phenoxy) is 2. The Morgan fingerprint density at radius 2 is 2.00 bits per heavy atom. The summed E-state index contributed by atoms with van der Waals surface area (Å²) in [6.07, 6.45) is 1.67. The first-order chi connectivity index (χ1) is 14.2. The van der Waals surface area contributed by atoms with E-state index < -0.39 is 0 Å². The molecule has 1 atom stereocenters. The zero-order chi connectivity index (χ0) is 20.1. The van der Waals surface area contributed by atoms with E-state index in [0.29, 0.717) is 25.4 Å². The highest BCUT2D eigenvalue weighted by Crippen LogP contribution is 2.28. The molecular formula is C22H24N4O3. The quantitative estimate of drug-likeness (QED) is 0.626. The van der Waals surface area contributed by atoms with E-state index in [1.54, 1.807) is 11.8 Å². The highest BCUT2D eigenvalue weighted by Gasteiger charge is 2.27. The van der Waals surface area contributed by atoms with Gasteiger partial charge in [0.25, 0.3) is 5.91 Å². The second kappa shape index (κ2) is 8.87. The number of hydrogen-bond donors (Lipinski definition) is 1. The van der Waals surface area contributed by atoms with Crippen molar-refractivity contribution >= 4 is 5.91 Å². The first-order valence-electron chi connectivity index (χ1n) is 9.74. The molecule has 0 spiro atoms. The highest BCUT2D eigenvalue weighted by atomic mass is 16.5. The van der Waals surface area contributed by atoms with Gasteiger partial charge in [-0.05, 0) is 36.1 Å². The molecule has 0 aliphatic carbocycles. The van der Waals surface area contributed by atoms with Gasteiger partial charge >= 0.3 is 0 Å². The summed E-state index contributed by atoms with van der Waals surface area (Å²) in [7, 11) is 1.64. The van der Waals surface area contributed by atoms with Gasteiger partial charge in [0.1, 0.15) is 11.9 Å². The molecule has 150 valence electrons. The number of fused-ring (bicyclic) bond motifs is 1. The van der Waals surface area contributed by atoms with Crippen LogP contribution in [0.1, 0.15) is 39.8 Å². The number of aryl methyl sites for hydroxylation is 1. The highest BCUT2D eigenvalue weighted by molar-refractivity contribution is 5.93. The van der Waals surface area contributed by atoms with E-state index in [1.807, 2.05) is 42.5 Å². The molecule has 1 aliphatic rings. The second-order valence-corrected chi connectivity index (χ2v) is 6.98. The summed E-state index contributed by atoms with van der Waals surface area (Å²) >= 11 is 0. The number of rotatable bonds is 7. The monoisotopic (exact) mass is 392 g/mol. The van der Waals surface area contributed by atoms with Crippen LogP contribution in [0.5, 0.6) is 5.75 Å². The molecule has 7 nitrogen and oxygen atoms in total. The minimum absolute atomic E-state index is 0.128. The van der Waals surface area contributed by atoms with Crippen molar-refractivity contribution < 1.29 is 14.3 Å². The van der Waals surface area contributed by atoms with E-state index in [1.165, 1.54) is 5.56 Å². The van der Waals surface area contributed by atoms with Crippen molar-refractivity contribution in [1.29, 1.82) is 0 Å². The third kappa shape index (κ3) is 4.46. The Hall–Kier alpha value is -3.19. The van der Waals surface area contributed by atoms with Gasteiger partial charge in [0.2, 0.25) is 0 Å². The average molecular weight is 392 g/mol. The van der Waals surface area contributed by atoms with Crippen molar-refractivity contribution in [2.24, 2.45) is 0 Å². The van der Waals surface area contributed by atoms with Crippen LogP contribution in [0.4, 0.5) is 0 Å². The van der Waals surface area contributed by atoms with Gasteiger partial charge in [0.05, 0.1) is 26.0 Å². The lowest BCUT2D eigenvalue weighted by Gasteiger charge is -2.24. The van der Waals surface area contributed by atoms with E-state index in [9.17, 15) is 4.79 Å². The molecule has 0 radical (unpaired) electrons. The molecule has 0 fully saturated rings. The fourth-order valence-corrected chi connectivity index (χ4v) is 3.43. The molecule has 2 heterocycles. The van der Waals surface area contributed by atoms with Crippen LogP contribution in [0.15, 0.2) is 54.6 Å². The molecule has 0 saturated heterocycles. The largest absolute Gasteiger partial charge is 0.497 e. The minimum atomic E-state index is -0.203. The van der Waals surface area contributed by atoms with Crippen LogP contribution in [0, 0.1) is 0 Å². The molecule has 3 aromatic rings. The summed E-state index contributed by atoms with van der Waals surface area (Å²) in [6, 6.07) is 18.0. The van der Waals surface area contributed by atoms with Crippen molar-refractivity contribution in [2.75, 3.05) is 13.7 Å². The van der Waals surface area contributed by atoms with E-state index in [2.05, 4.69) is 27.8 Å². The van der Waals surface area contributed by atoms with Gasteiger partial charge in [-0.2, -0.15) is 0 Å². The Morgan fingerprint density at radius 3 is 2.76 bits per heavy atom. The topological polar surface area (TPSA) is 78.3 Å². The molecule has 1 N–H and O–H groups in total. The number of amides is 1. The molecule has 1 amide bonds. The maximum Gasteiger partial charge on any atom is 0.273 e. The second-order valence-electron chi connectivity index (χ2n) is 6.98. The zero-order valence-electron chi connectivity index (χ0n) is 16.4. The minimum Gasteiger partial charge on any atom is -0.497 e. The first kappa shape index (κ1) is 19.1. The predicted octanol–water partition coefficient (Wildman–Crippen LogP) is 2.92. The number of hydrogen-bond acceptors (Lipinski definition) is 5. The van der Waals surface area contributed by atoms with Crippen molar-refractivity contribution in [3.8, 4) is 5.75 Å². The summed E-state index contributed by atoms with van der Waals surface area (Å²) in [4.78, 5) is 12.5. The SMILES string of the molecule is COc1ccc([C@@H]2Cn3nnc(C(=O)NCCCc4ccccc4)c3CO2)cc1. The predicted molar refractivity (Wildman–Crippen MR) is 108 cm³/mol. The van der Waals surface area contributed by atoms with Crippen LogP contribution in [0.3, 0.4) is 0 Å². The molecule has 0 saturated carbocycles. The normalized spacial score (nSPS) is 15.6. The molecule has 0 unspecified atom stereocenters. The van der Waals surface area contributed by atoms with E-state index in [0.717, 1.165) is 29.8 Å². The number of nitrogens with one attached hydrogen (secondary N) is 1. The lowest BCUT2D eigenvalue weighted by atomic mass is 10.1. The van der Waals surface area contributed by atoms with Crippen molar-refractivity contribution in [1.82, 2.24) is 20.3 Å². The third-order valence-corrected chi connectivity index (χ3v) is 5.07. The number of benzene rings is 2. The summed E-state index contributed by atoms with van der Waals surface area (Å²) in [5, 5.41) is 11.2. The van der Waals surface area contributed by atoms with Crippen LogP contribution in [0.25, 0.3) is 0 Å². The van der Waals surface area contributed by atoms with Crippen molar-refractivity contribution in [3.63, 3.8) is 0 Å². The van der Waals surface area contributed by atoms with Gasteiger partial charge < -0.3 is 14.8 Å². The fourth-order valence-electron chi connectivity index (χ4n) is 3.43. The number of methoxy groups -OCH3 is 1. The number of nitrogens with zero attached hydrogens (tertiary/aromatic N) is 3. The Kier molecular flexibility index (Phi) is 5.86. The van der Waals surface area contributed by atoms with Crippen LogP contribution < -0.4 is 10.1 Å². The molecule has 0 bridgehead atoms. The summed E-state index contributed by atoms with van der Waals surface area (Å²) in [5.41, 5.74) is 3.37. The smallest absolute Gasteiger partial charge is 0.273 e. The number of carbonyl (C=O) groups excluding carboxylic acids is 1. The molecule has 29 heavy (non-hydrogen) atoms. The standard InChI is InChI=1S/C22H24N4O3/c1-28-18-11-9-17(10-12-18)20-14-26-19(15-29-20)21(24-25-26)22(27)23-13-5-8-16-6-3-2-4-7-16/h2-4,6-7,9-12,20H,5,8,13-15H2,1H3,(H,23,27)/t20-/m0/s1. The summed E-state index contributed by atoms with van der Waals surface area (Å²) < 4.78 is 12.9. The van der Waals surface area contributed by atoms with Gasteiger partial charge in [-0.1, -0.05) is 47.7 Å². The number of carbonyl (C=O) groups is 1. The first-order valence-corrected chi connectivity index (χ1v) is 9.74. The van der Waals surface area contributed by atoms with Crippen LogP contribution in [-0.2, 0) is 24.3 Å². The lowest BCUT2D eigenvalue weighted by Crippen LogP contribution is -2.28. The van der Waals surface area contributed by atoms with Gasteiger partial charge in [-0.15, -0.1) is 5.10 Å². The molecule has 4 rings (SSSR count). The Labute approximate surface area is 169 Å². The van der Waals surface area contributed by atoms with Gasteiger partial charge in [-0.3, -0.25) is 4.79 Å². The fraction of sp³-hybridized carbons (Fsp3) is 0.318. The average Bonchev–Trinajstić information content (AvgIpc) is 3.21. The molecular weight excluding hydrogens is 368 g/mol. The summed E-state index contributed by atoms with van der Waals surface area (Å²) in [5.74, 6) is 0.600. The Morgan fingerprint density at radius 1 is 1.21 bits per heavy atom. The molecule has 1 aliphatic heterocycles. The van der Waals surface area contributed by atoms with Crippen molar-refractivity contribution in [2.45, 2.75) is 32.1 Å². The number of aromatic nitrogens is 3. The summed E-state index contributed by atoms with van der Waals surface area (Å²) in [6.45, 7) is 1.42. The third-order valence-electron chi connectivity index (χ3n) is 5.07. The van der Waals surface area contributed by atoms with Gasteiger partial charge in [0, 0.05) is 6.54 Å². The Bertz CT molecular complexity index is 954. The Balaban J connectivity index is 1.33. The maximum atomic E-state index is 12.5. The van der Waals surface area contributed by atoms with Crippen LogP contribution >= 0.6 is 0 Å². The van der Waals surface area contributed by atoms with Crippen LogP contribution in [0.2, 0.25) is 0 Å². The van der Waals surface area contributed by atoms with E-state index >= 15 is 0 Å². The maximum absolute atomic E-state index is 12.5.